The van der Waals surface area contributed by atoms with Crippen molar-refractivity contribution in [2.24, 2.45) is 0 Å². The molecule has 1 amide bonds. The zero-order chi connectivity index (χ0) is 30.1. The molecular formula is C28H27NO13. The number of hydrogen-bond acceptors (Lipinski definition) is 13. The smallest absolute Gasteiger partial charge is 0.312 e. The number of aromatic hydroxyl groups is 2. The van der Waals surface area contributed by atoms with Gasteiger partial charge in [-0.15, -0.1) is 0 Å². The molecule has 0 unspecified atom stereocenters. The van der Waals surface area contributed by atoms with Crippen LogP contribution in [0.25, 0.3) is 10.8 Å². The van der Waals surface area contributed by atoms with Gasteiger partial charge in [0.05, 0.1) is 29.9 Å². The maximum absolute atomic E-state index is 14.7. The van der Waals surface area contributed by atoms with Crippen molar-refractivity contribution < 1.29 is 63.3 Å². The van der Waals surface area contributed by atoms with E-state index in [9.17, 15) is 39.6 Å². The normalized spacial score (nSPS) is 37.1. The van der Waals surface area contributed by atoms with Gasteiger partial charge in [-0.2, -0.15) is 0 Å². The zero-order valence-corrected chi connectivity index (χ0v) is 22.7. The summed E-state index contributed by atoms with van der Waals surface area (Å²) in [5.74, 6) is -6.51. The average Bonchev–Trinajstić information content (AvgIpc) is 3.50. The molecular weight excluding hydrogens is 558 g/mol. The molecule has 4 N–H and O–H groups in total. The third kappa shape index (κ3) is 2.98. The van der Waals surface area contributed by atoms with E-state index in [1.54, 1.807) is 0 Å². The summed E-state index contributed by atoms with van der Waals surface area (Å²) in [4.78, 5) is 56.1. The van der Waals surface area contributed by atoms with Gasteiger partial charge in [0.25, 0.3) is 11.5 Å². The number of benzene rings is 2. The van der Waals surface area contributed by atoms with Gasteiger partial charge in [-0.1, -0.05) is 0 Å². The Labute approximate surface area is 237 Å². The molecule has 0 bridgehead atoms. The number of nitrogens with zero attached hydrogens (tertiary/aromatic N) is 1. The van der Waals surface area contributed by atoms with Gasteiger partial charge in [0.1, 0.15) is 24.0 Å². The molecule has 0 saturated carbocycles. The Morgan fingerprint density at radius 3 is 2.50 bits per heavy atom. The number of aliphatic hydroxyl groups excluding tert-OH is 2. The van der Waals surface area contributed by atoms with Crippen LogP contribution in [-0.2, 0) is 35.0 Å². The number of hydrogen-bond donors (Lipinski definition) is 4. The molecule has 2 aromatic rings. The lowest BCUT2D eigenvalue weighted by Gasteiger charge is -2.48. The Hall–Kier alpha value is -3.66. The van der Waals surface area contributed by atoms with Crippen molar-refractivity contribution in [1.82, 2.24) is 4.90 Å². The third-order valence-electron chi connectivity index (χ3n) is 9.19. The van der Waals surface area contributed by atoms with E-state index < -0.39 is 89.4 Å². The molecule has 222 valence electrons. The number of carbonyl (C=O) groups is 4. The minimum Gasteiger partial charge on any atom is -0.507 e. The predicted molar refractivity (Wildman–Crippen MR) is 136 cm³/mol. The number of aliphatic hydroxyl groups is 2. The zero-order valence-electron chi connectivity index (χ0n) is 22.7. The number of rotatable bonds is 3. The number of ether oxygens (including phenoxy) is 5. The Morgan fingerprint density at radius 2 is 1.81 bits per heavy atom. The minimum absolute atomic E-state index is 0.0111. The number of methoxy groups -OCH3 is 1. The first kappa shape index (κ1) is 27.2. The lowest BCUT2D eigenvalue weighted by atomic mass is 9.64. The molecule has 14 heteroatoms. The summed E-state index contributed by atoms with van der Waals surface area (Å²) in [6.45, 7) is 0.868. The predicted octanol–water partition coefficient (Wildman–Crippen LogP) is -0.114. The first-order valence-electron chi connectivity index (χ1n) is 13.3. The average molecular weight is 586 g/mol. The Bertz CT molecular complexity index is 1630. The van der Waals surface area contributed by atoms with E-state index in [0.717, 1.165) is 0 Å². The van der Waals surface area contributed by atoms with Crippen molar-refractivity contribution in [2.75, 3.05) is 20.8 Å². The quantitative estimate of drug-likeness (QED) is 0.348. The molecule has 3 saturated heterocycles. The van der Waals surface area contributed by atoms with E-state index in [0.29, 0.717) is 0 Å². The fraction of sp³-hybridized carbons (Fsp3) is 0.500. The highest BCUT2D eigenvalue weighted by atomic mass is 16.8. The van der Waals surface area contributed by atoms with Crippen molar-refractivity contribution in [3.63, 3.8) is 0 Å². The molecule has 0 aromatic heterocycles. The number of carbonyl (C=O) groups excluding carboxylic acids is 4. The molecule has 42 heavy (non-hydrogen) atoms. The van der Waals surface area contributed by atoms with E-state index in [1.807, 2.05) is 0 Å². The van der Waals surface area contributed by atoms with Gasteiger partial charge >= 0.3 is 5.97 Å². The molecule has 2 aromatic carbocycles. The Morgan fingerprint density at radius 1 is 1.07 bits per heavy atom. The van der Waals surface area contributed by atoms with E-state index in [4.69, 9.17) is 23.7 Å². The van der Waals surface area contributed by atoms with Gasteiger partial charge in [0.15, 0.2) is 6.29 Å². The highest BCUT2D eigenvalue weighted by molar-refractivity contribution is 6.28. The van der Waals surface area contributed by atoms with E-state index in [2.05, 4.69) is 0 Å². The fourth-order valence-electron chi connectivity index (χ4n) is 7.18. The van der Waals surface area contributed by atoms with Gasteiger partial charge in [-0.05, 0) is 30.0 Å². The standard InChI is InChI=1S/C28H27NO13/c1-10-21(33)15(31)6-17(40-10)42-26-9-39-27(38-3)7-16(32)41-28(26,27)24(36)20-12(23(26)35)4-11-5-14(30)19-13(18(11)22(20)34)8-29(2)25(19)37/h4-5,10,15,17,21,30-31,33-34H,6-9H2,1-3H3/t10-,15+,17-,21+,26-,27+,28+/m1/s1. The van der Waals surface area contributed by atoms with Gasteiger partial charge < -0.3 is 49.0 Å². The SMILES string of the molecule is CO[C@]12CC(=O)O[C@]13C(=O)c1c(cc4cc(O)c5c(c4c1O)CN(C)C5=O)C(=O)[C@]3(O[C@@H]1C[C@H](O)[C@@H](O)[C@@H](C)O1)CO2. The minimum atomic E-state index is -2.57. The summed E-state index contributed by atoms with van der Waals surface area (Å²) in [6.07, 6.45) is -5.70. The monoisotopic (exact) mass is 585 g/mol. The molecule has 4 heterocycles. The summed E-state index contributed by atoms with van der Waals surface area (Å²) in [6, 6.07) is 2.50. The topological polar surface area (TPSA) is 199 Å². The largest absolute Gasteiger partial charge is 0.507 e. The second-order valence-corrected chi connectivity index (χ2v) is 11.4. The highest BCUT2D eigenvalue weighted by Crippen LogP contribution is 2.61. The Kier molecular flexibility index (Phi) is 5.48. The number of Topliss-reactive ketones (excluding diaryl/α,β-unsaturated/α-hetero) is 2. The van der Waals surface area contributed by atoms with Crippen LogP contribution in [0.3, 0.4) is 0 Å². The summed E-state index contributed by atoms with van der Waals surface area (Å²) in [7, 11) is 2.68. The van der Waals surface area contributed by atoms with Crippen LogP contribution >= 0.6 is 0 Å². The maximum Gasteiger partial charge on any atom is 0.312 e. The number of phenols is 2. The summed E-state index contributed by atoms with van der Waals surface area (Å²) >= 11 is 0. The molecule has 0 radical (unpaired) electrons. The van der Waals surface area contributed by atoms with Crippen LogP contribution in [0.2, 0.25) is 0 Å². The number of amides is 1. The number of esters is 1. The van der Waals surface area contributed by atoms with Crippen LogP contribution in [0.4, 0.5) is 0 Å². The molecule has 7 atom stereocenters. The van der Waals surface area contributed by atoms with Crippen molar-refractivity contribution in [3.05, 3.63) is 34.4 Å². The third-order valence-corrected chi connectivity index (χ3v) is 9.19. The van der Waals surface area contributed by atoms with E-state index >= 15 is 0 Å². The van der Waals surface area contributed by atoms with Gasteiger partial charge in [-0.25, -0.2) is 0 Å². The number of fused-ring (bicyclic) bond motifs is 4. The van der Waals surface area contributed by atoms with E-state index in [-0.39, 0.29) is 46.2 Å². The lowest BCUT2D eigenvalue weighted by Crippen LogP contribution is -2.73. The molecule has 3 fully saturated rings. The second kappa shape index (κ2) is 8.46. The summed E-state index contributed by atoms with van der Waals surface area (Å²) in [5, 5.41) is 43.1. The lowest BCUT2D eigenvalue weighted by molar-refractivity contribution is -0.291. The molecule has 1 aliphatic carbocycles. The van der Waals surface area contributed by atoms with Crippen LogP contribution in [0.5, 0.6) is 11.5 Å². The first-order valence-corrected chi connectivity index (χ1v) is 13.3. The molecule has 4 aliphatic heterocycles. The van der Waals surface area contributed by atoms with Crippen LogP contribution in [-0.4, -0.2) is 111 Å². The van der Waals surface area contributed by atoms with Crippen LogP contribution in [0.15, 0.2) is 12.1 Å². The molecule has 5 aliphatic rings. The molecule has 14 nitrogen and oxygen atoms in total. The first-order chi connectivity index (χ1) is 19.8. The van der Waals surface area contributed by atoms with Crippen molar-refractivity contribution in [2.45, 2.75) is 67.9 Å². The van der Waals surface area contributed by atoms with E-state index in [1.165, 1.54) is 38.1 Å². The van der Waals surface area contributed by atoms with Gasteiger partial charge in [0.2, 0.25) is 23.0 Å². The van der Waals surface area contributed by atoms with Crippen LogP contribution in [0, 0.1) is 0 Å². The maximum atomic E-state index is 14.7. The highest BCUT2D eigenvalue weighted by Gasteiger charge is 2.86. The van der Waals surface area contributed by atoms with Crippen molar-refractivity contribution in [1.29, 1.82) is 0 Å². The number of ketones is 2. The summed E-state index contributed by atoms with van der Waals surface area (Å²) in [5.41, 5.74) is -5.54. The van der Waals surface area contributed by atoms with Gasteiger partial charge in [-0.3, -0.25) is 19.2 Å². The fourth-order valence-corrected chi connectivity index (χ4v) is 7.18. The summed E-state index contributed by atoms with van der Waals surface area (Å²) < 4.78 is 29.1. The van der Waals surface area contributed by atoms with Crippen molar-refractivity contribution in [3.8, 4) is 11.5 Å². The second-order valence-electron chi connectivity index (χ2n) is 11.4. The molecule has 1 spiro atoms. The Balaban J connectivity index is 1.48. The molecule has 7 rings (SSSR count). The number of phenolic OH excluding ortho intramolecular Hbond substituents is 2. The van der Waals surface area contributed by atoms with Gasteiger partial charge in [0, 0.05) is 38.1 Å². The van der Waals surface area contributed by atoms with Crippen molar-refractivity contribution >= 4 is 34.2 Å². The van der Waals surface area contributed by atoms with Crippen LogP contribution < -0.4 is 0 Å². The van der Waals surface area contributed by atoms with Crippen LogP contribution in [0.1, 0.15) is 56.4 Å².